The number of nitrogens with zero attached hydrogens (tertiary/aromatic N) is 2. The summed E-state index contributed by atoms with van der Waals surface area (Å²) in [4.78, 5) is 30.1. The van der Waals surface area contributed by atoms with Crippen molar-refractivity contribution in [1.29, 1.82) is 0 Å². The number of nitrogens with one attached hydrogen (secondary N) is 2. The van der Waals surface area contributed by atoms with Crippen LogP contribution in [0.3, 0.4) is 0 Å². The molecule has 1 aliphatic rings. The molecule has 1 amide bonds. The molecular formula is C19H27BrN4O3. The van der Waals surface area contributed by atoms with Gasteiger partial charge >= 0.3 is 5.97 Å². The fourth-order valence-electron chi connectivity index (χ4n) is 3.02. The highest BCUT2D eigenvalue weighted by Crippen LogP contribution is 2.18. The molecule has 2 N–H and O–H groups in total. The van der Waals surface area contributed by atoms with Crippen LogP contribution in [-0.4, -0.2) is 63.1 Å². The minimum Gasteiger partial charge on any atom is -0.469 e. The van der Waals surface area contributed by atoms with Crippen LogP contribution < -0.4 is 10.6 Å². The zero-order chi connectivity index (χ0) is 19.6. The third kappa shape index (κ3) is 6.53. The van der Waals surface area contributed by atoms with Crippen LogP contribution in [-0.2, 0) is 9.53 Å². The lowest BCUT2D eigenvalue weighted by Crippen LogP contribution is -2.47. The lowest BCUT2D eigenvalue weighted by Gasteiger charge is -2.33. The molecule has 0 aliphatic carbocycles. The summed E-state index contributed by atoms with van der Waals surface area (Å²) in [5, 5.41) is 6.24. The van der Waals surface area contributed by atoms with Crippen molar-refractivity contribution < 1.29 is 14.3 Å². The van der Waals surface area contributed by atoms with Crippen LogP contribution in [0.1, 0.15) is 29.6 Å². The number of amides is 1. The van der Waals surface area contributed by atoms with Crippen molar-refractivity contribution in [2.24, 2.45) is 10.9 Å². The van der Waals surface area contributed by atoms with Crippen LogP contribution in [0.25, 0.3) is 0 Å². The summed E-state index contributed by atoms with van der Waals surface area (Å²) in [7, 11) is 3.19. The van der Waals surface area contributed by atoms with Gasteiger partial charge in [-0.1, -0.05) is 15.9 Å². The van der Waals surface area contributed by atoms with E-state index in [1.807, 2.05) is 12.1 Å². The molecular weight excluding hydrogens is 412 g/mol. The Bertz CT molecular complexity index is 655. The molecule has 1 saturated heterocycles. The second kappa shape index (κ2) is 10.9. The number of methoxy groups -OCH3 is 1. The number of ether oxygens (including phenoxy) is 1. The molecule has 2 rings (SSSR count). The quantitative estimate of drug-likeness (QED) is 0.307. The lowest BCUT2D eigenvalue weighted by atomic mass is 9.97. The average Bonchev–Trinajstić information content (AvgIpc) is 2.70. The number of hydrogen-bond acceptors (Lipinski definition) is 4. The smallest absolute Gasteiger partial charge is 0.308 e. The zero-order valence-corrected chi connectivity index (χ0v) is 17.4. The predicted molar refractivity (Wildman–Crippen MR) is 109 cm³/mol. The van der Waals surface area contributed by atoms with Crippen molar-refractivity contribution in [2.45, 2.75) is 19.3 Å². The number of likely N-dealkylation sites (tertiary alicyclic amines) is 1. The van der Waals surface area contributed by atoms with Crippen LogP contribution in [0.4, 0.5) is 0 Å². The van der Waals surface area contributed by atoms with Crippen LogP contribution in [0, 0.1) is 5.92 Å². The van der Waals surface area contributed by atoms with Crippen LogP contribution in [0.5, 0.6) is 0 Å². The number of rotatable bonds is 6. The number of aliphatic imine (C=N–C) groups is 1. The van der Waals surface area contributed by atoms with Crippen molar-refractivity contribution >= 4 is 33.8 Å². The second-order valence-corrected chi connectivity index (χ2v) is 7.29. The largest absolute Gasteiger partial charge is 0.469 e. The van der Waals surface area contributed by atoms with Gasteiger partial charge in [-0.25, -0.2) is 0 Å². The number of halogens is 1. The minimum atomic E-state index is -0.126. The molecule has 8 heteroatoms. The van der Waals surface area contributed by atoms with Gasteiger partial charge in [-0.15, -0.1) is 0 Å². The molecule has 0 saturated carbocycles. The van der Waals surface area contributed by atoms with E-state index < -0.39 is 0 Å². The molecule has 27 heavy (non-hydrogen) atoms. The van der Waals surface area contributed by atoms with Gasteiger partial charge in [0.2, 0.25) is 0 Å². The van der Waals surface area contributed by atoms with Crippen LogP contribution in [0.15, 0.2) is 33.7 Å². The molecule has 1 heterocycles. The summed E-state index contributed by atoms with van der Waals surface area (Å²) in [5.74, 6) is 0.617. The second-order valence-electron chi connectivity index (χ2n) is 6.37. The lowest BCUT2D eigenvalue weighted by molar-refractivity contribution is -0.146. The Labute approximate surface area is 168 Å². The van der Waals surface area contributed by atoms with Crippen molar-refractivity contribution in [1.82, 2.24) is 15.5 Å². The number of hydrogen-bond donors (Lipinski definition) is 2. The zero-order valence-electron chi connectivity index (χ0n) is 15.8. The van der Waals surface area contributed by atoms with Crippen LogP contribution in [0.2, 0.25) is 0 Å². The first-order chi connectivity index (χ1) is 13.0. The third-order valence-corrected chi connectivity index (χ3v) is 5.10. The molecule has 0 spiro atoms. The Morgan fingerprint density at radius 2 is 1.81 bits per heavy atom. The van der Waals surface area contributed by atoms with E-state index in [-0.39, 0.29) is 17.8 Å². The van der Waals surface area contributed by atoms with E-state index >= 15 is 0 Å². The maximum atomic E-state index is 12.1. The van der Waals surface area contributed by atoms with E-state index in [0.29, 0.717) is 18.7 Å². The van der Waals surface area contributed by atoms with Gasteiger partial charge in [-0.3, -0.25) is 14.6 Å². The van der Waals surface area contributed by atoms with Gasteiger partial charge in [0.05, 0.1) is 13.0 Å². The number of carbonyl (C=O) groups excluding carboxylic acids is 2. The average molecular weight is 439 g/mol. The Kier molecular flexibility index (Phi) is 8.57. The Hall–Kier alpha value is -2.09. The highest BCUT2D eigenvalue weighted by molar-refractivity contribution is 9.10. The number of esters is 1. The van der Waals surface area contributed by atoms with E-state index in [9.17, 15) is 9.59 Å². The summed E-state index contributed by atoms with van der Waals surface area (Å²) in [6.07, 6.45) is 2.34. The van der Waals surface area contributed by atoms with Crippen molar-refractivity contribution in [3.05, 3.63) is 34.3 Å². The molecule has 0 radical (unpaired) electrons. The predicted octanol–water partition coefficient (Wildman–Crippen LogP) is 2.03. The highest BCUT2D eigenvalue weighted by Gasteiger charge is 2.26. The van der Waals surface area contributed by atoms with Gasteiger partial charge in [0.1, 0.15) is 0 Å². The fraction of sp³-hybridized carbons (Fsp3) is 0.526. The summed E-state index contributed by atoms with van der Waals surface area (Å²) in [6.45, 7) is 2.85. The normalized spacial score (nSPS) is 15.4. The number of benzene rings is 1. The van der Waals surface area contributed by atoms with Gasteiger partial charge in [-0.2, -0.15) is 0 Å². The maximum Gasteiger partial charge on any atom is 0.308 e. The van der Waals surface area contributed by atoms with E-state index in [2.05, 4.69) is 36.5 Å². The molecule has 0 bridgehead atoms. The van der Waals surface area contributed by atoms with Crippen molar-refractivity contribution in [3.63, 3.8) is 0 Å². The first-order valence-electron chi connectivity index (χ1n) is 9.12. The minimum absolute atomic E-state index is 0.0156. The van der Waals surface area contributed by atoms with E-state index in [0.717, 1.165) is 42.8 Å². The molecule has 0 aromatic heterocycles. The Morgan fingerprint density at radius 1 is 1.19 bits per heavy atom. The molecule has 1 aromatic carbocycles. The van der Waals surface area contributed by atoms with Gasteiger partial charge in [-0.05, 0) is 43.5 Å². The number of piperidine rings is 1. The fourth-order valence-corrected chi connectivity index (χ4v) is 3.28. The van der Waals surface area contributed by atoms with Crippen molar-refractivity contribution in [3.8, 4) is 0 Å². The summed E-state index contributed by atoms with van der Waals surface area (Å²) in [5.41, 5.74) is 0.649. The Morgan fingerprint density at radius 3 is 2.41 bits per heavy atom. The first-order valence-corrected chi connectivity index (χ1v) is 9.91. The topological polar surface area (TPSA) is 83.0 Å². The molecule has 148 valence electrons. The van der Waals surface area contributed by atoms with Gasteiger partial charge < -0.3 is 20.3 Å². The number of guanidine groups is 1. The van der Waals surface area contributed by atoms with Gasteiger partial charge in [0, 0.05) is 43.3 Å². The summed E-state index contributed by atoms with van der Waals surface area (Å²) in [6, 6.07) is 7.28. The maximum absolute atomic E-state index is 12.1. The van der Waals surface area contributed by atoms with Crippen LogP contribution >= 0.6 is 15.9 Å². The molecule has 1 aromatic rings. The number of carbonyl (C=O) groups is 2. The van der Waals surface area contributed by atoms with E-state index in [4.69, 9.17) is 4.74 Å². The first kappa shape index (κ1) is 21.2. The van der Waals surface area contributed by atoms with Gasteiger partial charge in [0.25, 0.3) is 5.91 Å². The third-order valence-electron chi connectivity index (χ3n) is 4.57. The van der Waals surface area contributed by atoms with Gasteiger partial charge in [0.15, 0.2) is 5.96 Å². The van der Waals surface area contributed by atoms with Crippen molar-refractivity contribution in [2.75, 3.05) is 40.3 Å². The standard InChI is InChI=1S/C19H27BrN4O3/c1-21-19(24-12-8-15(9-13-24)18(26)27-2)23-11-3-10-22-17(25)14-4-6-16(20)7-5-14/h4-7,15H,3,8-13H2,1-2H3,(H,21,23)(H,22,25). The molecule has 0 atom stereocenters. The molecule has 0 unspecified atom stereocenters. The summed E-state index contributed by atoms with van der Waals surface area (Å²) >= 11 is 3.36. The highest BCUT2D eigenvalue weighted by atomic mass is 79.9. The monoisotopic (exact) mass is 438 g/mol. The molecule has 7 nitrogen and oxygen atoms in total. The molecule has 1 aliphatic heterocycles. The molecule has 1 fully saturated rings. The summed E-state index contributed by atoms with van der Waals surface area (Å²) < 4.78 is 5.77. The Balaban J connectivity index is 1.66. The van der Waals surface area contributed by atoms with E-state index in [1.165, 1.54) is 7.11 Å². The SMILES string of the molecule is CN=C(NCCCNC(=O)c1ccc(Br)cc1)N1CCC(C(=O)OC)CC1. The van der Waals surface area contributed by atoms with E-state index in [1.54, 1.807) is 19.2 Å².